The predicted molar refractivity (Wildman–Crippen MR) is 84.8 cm³/mol. The van der Waals surface area contributed by atoms with E-state index in [1.807, 2.05) is 19.1 Å². The van der Waals surface area contributed by atoms with Gasteiger partial charge in [0.15, 0.2) is 5.78 Å². The summed E-state index contributed by atoms with van der Waals surface area (Å²) in [5, 5.41) is 3.19. The van der Waals surface area contributed by atoms with Gasteiger partial charge < -0.3 is 5.32 Å². The Kier molecular flexibility index (Phi) is 5.12. The van der Waals surface area contributed by atoms with Crippen LogP contribution in [-0.2, 0) is 4.79 Å². The molecule has 0 spiro atoms. The third kappa shape index (κ3) is 4.43. The summed E-state index contributed by atoms with van der Waals surface area (Å²) in [5.74, 6) is -0.257. The first kappa shape index (κ1) is 15.3. The third-order valence-electron chi connectivity index (χ3n) is 3.10. The van der Waals surface area contributed by atoms with Gasteiger partial charge in [-0.15, -0.1) is 0 Å². The number of hydrogen-bond acceptors (Lipinski definition) is 2. The summed E-state index contributed by atoms with van der Waals surface area (Å²) in [6.45, 7) is 1.96. The van der Waals surface area contributed by atoms with Crippen molar-refractivity contribution in [2.24, 2.45) is 0 Å². The highest BCUT2D eigenvalue weighted by Crippen LogP contribution is 2.20. The fourth-order valence-electron chi connectivity index (χ4n) is 1.89. The molecule has 0 saturated heterocycles. The summed E-state index contributed by atoms with van der Waals surface area (Å²) >= 11 is 5.96. The maximum absolute atomic E-state index is 12.0. The number of aryl methyl sites for hydroxylation is 1. The molecule has 0 aromatic heterocycles. The van der Waals surface area contributed by atoms with E-state index in [0.29, 0.717) is 16.3 Å². The Balaban J connectivity index is 1.88. The van der Waals surface area contributed by atoms with E-state index < -0.39 is 0 Å². The molecule has 2 aromatic rings. The number of Topliss-reactive ketones (excluding diaryl/α,β-unsaturated/α-hetero) is 1. The standard InChI is InChI=1S/C17H16ClNO2/c1-12-6-8-13(9-7-12)16(20)10-11-17(21)19-15-5-3-2-4-14(15)18/h2-9H,10-11H2,1H3,(H,19,21). The quantitative estimate of drug-likeness (QED) is 0.839. The smallest absolute Gasteiger partial charge is 0.224 e. The number of hydrogen-bond donors (Lipinski definition) is 1. The fraction of sp³-hybridized carbons (Fsp3) is 0.176. The van der Waals surface area contributed by atoms with Crippen LogP contribution in [0.1, 0.15) is 28.8 Å². The summed E-state index contributed by atoms with van der Waals surface area (Å²) in [7, 11) is 0. The maximum Gasteiger partial charge on any atom is 0.224 e. The molecule has 0 unspecified atom stereocenters. The summed E-state index contributed by atoms with van der Waals surface area (Å²) in [4.78, 5) is 23.8. The van der Waals surface area contributed by atoms with Crippen molar-refractivity contribution in [2.45, 2.75) is 19.8 Å². The molecular formula is C17H16ClNO2. The van der Waals surface area contributed by atoms with Crippen LogP contribution < -0.4 is 5.32 Å². The molecule has 1 N–H and O–H groups in total. The van der Waals surface area contributed by atoms with Gasteiger partial charge in [0.05, 0.1) is 10.7 Å². The van der Waals surface area contributed by atoms with Gasteiger partial charge in [0.2, 0.25) is 5.91 Å². The molecule has 0 aliphatic rings. The lowest BCUT2D eigenvalue weighted by Gasteiger charge is -2.06. The number of rotatable bonds is 5. The Hall–Kier alpha value is -2.13. The van der Waals surface area contributed by atoms with E-state index in [0.717, 1.165) is 5.56 Å². The minimum absolute atomic E-state index is 0.0377. The average molecular weight is 302 g/mol. The number of ketones is 1. The van der Waals surface area contributed by atoms with Gasteiger partial charge in [-0.05, 0) is 19.1 Å². The van der Waals surface area contributed by atoms with Crippen molar-refractivity contribution in [3.63, 3.8) is 0 Å². The second kappa shape index (κ2) is 7.04. The Bertz CT molecular complexity index is 650. The lowest BCUT2D eigenvalue weighted by Crippen LogP contribution is -2.13. The molecular weight excluding hydrogens is 286 g/mol. The molecule has 4 heteroatoms. The molecule has 0 radical (unpaired) electrons. The van der Waals surface area contributed by atoms with Crippen molar-refractivity contribution >= 4 is 29.0 Å². The Labute approximate surface area is 128 Å². The molecule has 0 fully saturated rings. The van der Waals surface area contributed by atoms with Crippen molar-refractivity contribution in [3.8, 4) is 0 Å². The van der Waals surface area contributed by atoms with Crippen LogP contribution in [-0.4, -0.2) is 11.7 Å². The molecule has 0 heterocycles. The molecule has 1 amide bonds. The third-order valence-corrected chi connectivity index (χ3v) is 3.43. The zero-order valence-electron chi connectivity index (χ0n) is 11.7. The fourth-order valence-corrected chi connectivity index (χ4v) is 2.07. The molecule has 21 heavy (non-hydrogen) atoms. The summed E-state index contributed by atoms with van der Waals surface area (Å²) in [5.41, 5.74) is 2.29. The van der Waals surface area contributed by atoms with Gasteiger partial charge in [0, 0.05) is 18.4 Å². The van der Waals surface area contributed by atoms with Crippen LogP contribution >= 0.6 is 11.6 Å². The van der Waals surface area contributed by atoms with Crippen molar-refractivity contribution in [3.05, 3.63) is 64.7 Å². The summed E-state index contributed by atoms with van der Waals surface area (Å²) in [6.07, 6.45) is 0.317. The van der Waals surface area contributed by atoms with E-state index in [9.17, 15) is 9.59 Å². The van der Waals surface area contributed by atoms with Crippen molar-refractivity contribution < 1.29 is 9.59 Å². The number of para-hydroxylation sites is 1. The number of carbonyl (C=O) groups excluding carboxylic acids is 2. The van der Waals surface area contributed by atoms with E-state index >= 15 is 0 Å². The lowest BCUT2D eigenvalue weighted by atomic mass is 10.0. The van der Waals surface area contributed by atoms with Crippen LogP contribution in [0.5, 0.6) is 0 Å². The van der Waals surface area contributed by atoms with E-state index in [4.69, 9.17) is 11.6 Å². The highest BCUT2D eigenvalue weighted by atomic mass is 35.5. The van der Waals surface area contributed by atoms with Gasteiger partial charge in [0.25, 0.3) is 0 Å². The van der Waals surface area contributed by atoms with Gasteiger partial charge in [-0.2, -0.15) is 0 Å². The monoisotopic (exact) mass is 301 g/mol. The van der Waals surface area contributed by atoms with Crippen molar-refractivity contribution in [1.82, 2.24) is 0 Å². The topological polar surface area (TPSA) is 46.2 Å². The maximum atomic E-state index is 12.0. The first-order valence-electron chi connectivity index (χ1n) is 6.70. The first-order valence-corrected chi connectivity index (χ1v) is 7.08. The molecule has 0 aliphatic carbocycles. The predicted octanol–water partition coefficient (Wildman–Crippen LogP) is 4.25. The van der Waals surface area contributed by atoms with Crippen LogP contribution in [0.4, 0.5) is 5.69 Å². The normalized spacial score (nSPS) is 10.2. The van der Waals surface area contributed by atoms with Crippen LogP contribution in [0.3, 0.4) is 0 Å². The first-order chi connectivity index (χ1) is 10.1. The molecule has 2 aromatic carbocycles. The minimum Gasteiger partial charge on any atom is -0.325 e. The number of nitrogens with one attached hydrogen (secondary N) is 1. The van der Waals surface area contributed by atoms with Gasteiger partial charge in [-0.25, -0.2) is 0 Å². The number of carbonyl (C=O) groups is 2. The average Bonchev–Trinajstić information content (AvgIpc) is 2.48. The Morgan fingerprint density at radius 2 is 1.67 bits per heavy atom. The highest BCUT2D eigenvalue weighted by Gasteiger charge is 2.10. The molecule has 108 valence electrons. The van der Waals surface area contributed by atoms with Crippen LogP contribution in [0.2, 0.25) is 5.02 Å². The Morgan fingerprint density at radius 3 is 2.33 bits per heavy atom. The van der Waals surface area contributed by atoms with Crippen LogP contribution in [0.25, 0.3) is 0 Å². The molecule has 3 nitrogen and oxygen atoms in total. The zero-order valence-corrected chi connectivity index (χ0v) is 12.5. The zero-order chi connectivity index (χ0) is 15.2. The van der Waals surface area contributed by atoms with Crippen LogP contribution in [0, 0.1) is 6.92 Å². The minimum atomic E-state index is -0.219. The van der Waals surface area contributed by atoms with E-state index in [1.165, 1.54) is 0 Å². The SMILES string of the molecule is Cc1ccc(C(=O)CCC(=O)Nc2ccccc2Cl)cc1. The summed E-state index contributed by atoms with van der Waals surface area (Å²) < 4.78 is 0. The number of halogens is 1. The number of anilines is 1. The number of benzene rings is 2. The molecule has 0 saturated carbocycles. The number of amides is 1. The summed E-state index contributed by atoms with van der Waals surface area (Å²) in [6, 6.07) is 14.3. The van der Waals surface area contributed by atoms with Gasteiger partial charge in [0.1, 0.15) is 0 Å². The van der Waals surface area contributed by atoms with Crippen molar-refractivity contribution in [2.75, 3.05) is 5.32 Å². The van der Waals surface area contributed by atoms with Gasteiger partial charge >= 0.3 is 0 Å². The molecule has 2 rings (SSSR count). The van der Waals surface area contributed by atoms with Crippen LogP contribution in [0.15, 0.2) is 48.5 Å². The second-order valence-corrected chi connectivity index (χ2v) is 5.22. The lowest BCUT2D eigenvalue weighted by molar-refractivity contribution is -0.116. The highest BCUT2D eigenvalue weighted by molar-refractivity contribution is 6.33. The van der Waals surface area contributed by atoms with Crippen molar-refractivity contribution in [1.29, 1.82) is 0 Å². The van der Waals surface area contributed by atoms with Gasteiger partial charge in [-0.3, -0.25) is 9.59 Å². The molecule has 0 bridgehead atoms. The van der Waals surface area contributed by atoms with E-state index in [1.54, 1.807) is 36.4 Å². The molecule has 0 aliphatic heterocycles. The van der Waals surface area contributed by atoms with Gasteiger partial charge in [-0.1, -0.05) is 53.6 Å². The molecule has 0 atom stereocenters. The van der Waals surface area contributed by atoms with E-state index in [-0.39, 0.29) is 24.5 Å². The largest absolute Gasteiger partial charge is 0.325 e. The van der Waals surface area contributed by atoms with E-state index in [2.05, 4.69) is 5.32 Å². The Morgan fingerprint density at radius 1 is 1.00 bits per heavy atom. The second-order valence-electron chi connectivity index (χ2n) is 4.82.